The second-order valence-electron chi connectivity index (χ2n) is 11.0. The molecule has 4 bridgehead atoms. The number of hydrogen-bond acceptors (Lipinski definition) is 5. The predicted octanol–water partition coefficient (Wildman–Crippen LogP) is 3.36. The first-order valence-electron chi connectivity index (χ1n) is 11.8. The summed E-state index contributed by atoms with van der Waals surface area (Å²) in [5.41, 5.74) is 1.48. The summed E-state index contributed by atoms with van der Waals surface area (Å²) >= 11 is 0. The minimum Gasteiger partial charge on any atom is -0.383 e. The Labute approximate surface area is 181 Å². The van der Waals surface area contributed by atoms with Crippen molar-refractivity contribution in [1.29, 1.82) is 0 Å². The Morgan fingerprint density at radius 1 is 1.17 bits per heavy atom. The van der Waals surface area contributed by atoms with E-state index in [0.717, 1.165) is 49.4 Å². The summed E-state index contributed by atoms with van der Waals surface area (Å²) in [5.74, 6) is 3.42. The first kappa shape index (κ1) is 21.0. The van der Waals surface area contributed by atoms with E-state index < -0.39 is 9.84 Å². The van der Waals surface area contributed by atoms with Gasteiger partial charge in [-0.1, -0.05) is 0 Å². The van der Waals surface area contributed by atoms with Crippen molar-refractivity contribution in [3.8, 4) is 0 Å². The van der Waals surface area contributed by atoms with Crippen LogP contribution in [-0.2, 0) is 27.7 Å². The fourth-order valence-electron chi connectivity index (χ4n) is 7.25. The van der Waals surface area contributed by atoms with Crippen molar-refractivity contribution >= 4 is 9.84 Å². The second kappa shape index (κ2) is 7.89. The van der Waals surface area contributed by atoms with Crippen molar-refractivity contribution in [3.63, 3.8) is 0 Å². The molecule has 5 fully saturated rings. The molecule has 0 spiro atoms. The Kier molecular flexibility index (Phi) is 5.51. The quantitative estimate of drug-likeness (QED) is 0.564. The third-order valence-corrected chi connectivity index (χ3v) is 9.85. The van der Waals surface area contributed by atoms with Crippen LogP contribution in [0, 0.1) is 29.1 Å². The van der Waals surface area contributed by atoms with E-state index in [2.05, 4.69) is 16.9 Å². The lowest BCUT2D eigenvalue weighted by atomic mass is 9.49. The first-order valence-corrected chi connectivity index (χ1v) is 13.5. The highest BCUT2D eigenvalue weighted by atomic mass is 32.2. The maximum absolute atomic E-state index is 12.9. The van der Waals surface area contributed by atoms with Crippen LogP contribution in [0.25, 0.3) is 0 Å². The van der Waals surface area contributed by atoms with Gasteiger partial charge in [0.05, 0.1) is 24.3 Å². The molecule has 0 amide bonds. The zero-order valence-corrected chi connectivity index (χ0v) is 19.4. The lowest BCUT2D eigenvalue weighted by Gasteiger charge is -2.57. The van der Waals surface area contributed by atoms with Crippen LogP contribution in [0.3, 0.4) is 0 Å². The molecule has 0 unspecified atom stereocenters. The number of aromatic nitrogens is 2. The van der Waals surface area contributed by atoms with Gasteiger partial charge in [0.1, 0.15) is 0 Å². The maximum Gasteiger partial charge on any atom is 0.227 e. The van der Waals surface area contributed by atoms with E-state index >= 15 is 0 Å². The van der Waals surface area contributed by atoms with Crippen LogP contribution in [0.1, 0.15) is 57.1 Å². The number of nitrogens with zero attached hydrogens (tertiary/aromatic N) is 3. The van der Waals surface area contributed by atoms with Crippen LogP contribution in [0.15, 0.2) is 11.4 Å². The Morgan fingerprint density at radius 2 is 1.80 bits per heavy atom. The SMILES string of the molecule is COCCn1c(CN(C)CC23CC4CC(CC(C4)C2)C3)cnc1S(=O)(=O)CC1CC1. The van der Waals surface area contributed by atoms with E-state index in [1.165, 1.54) is 38.5 Å². The third-order valence-electron chi connectivity index (χ3n) is 8.05. The number of ether oxygens (including phenoxy) is 1. The summed E-state index contributed by atoms with van der Waals surface area (Å²) in [4.78, 5) is 6.82. The van der Waals surface area contributed by atoms with Gasteiger partial charge in [-0.05, 0) is 87.5 Å². The normalized spacial score (nSPS) is 33.0. The molecule has 0 N–H and O–H groups in total. The van der Waals surface area contributed by atoms with Gasteiger partial charge in [0.25, 0.3) is 0 Å². The van der Waals surface area contributed by atoms with Crippen LogP contribution in [0.5, 0.6) is 0 Å². The van der Waals surface area contributed by atoms with Gasteiger partial charge in [0, 0.05) is 26.7 Å². The monoisotopic (exact) mass is 435 g/mol. The largest absolute Gasteiger partial charge is 0.383 e. The molecule has 1 aromatic heterocycles. The van der Waals surface area contributed by atoms with Crippen molar-refractivity contribution in [2.24, 2.45) is 29.1 Å². The maximum atomic E-state index is 12.9. The average Bonchev–Trinajstić information content (AvgIpc) is 3.35. The Hall–Kier alpha value is -0.920. The zero-order chi connectivity index (χ0) is 20.9. The molecule has 6 rings (SSSR count). The predicted molar refractivity (Wildman–Crippen MR) is 116 cm³/mol. The molecule has 5 aliphatic carbocycles. The molecule has 1 aromatic rings. The standard InChI is InChI=1S/C23H37N3O3S/c1-25(16-23-10-18-7-19(11-23)9-20(8-18)12-23)14-21-13-24-22(26(21)5-6-29-2)30(27,28)15-17-3-4-17/h13,17-20H,3-12,14-16H2,1-2H3. The molecular formula is C23H37N3O3S. The highest BCUT2D eigenvalue weighted by Crippen LogP contribution is 2.60. The van der Waals surface area contributed by atoms with Crippen LogP contribution in [0.4, 0.5) is 0 Å². The molecule has 0 aliphatic heterocycles. The minimum atomic E-state index is -3.34. The second-order valence-corrected chi connectivity index (χ2v) is 12.9. The van der Waals surface area contributed by atoms with E-state index in [0.29, 0.717) is 24.5 Å². The molecule has 30 heavy (non-hydrogen) atoms. The highest BCUT2D eigenvalue weighted by Gasteiger charge is 2.51. The summed E-state index contributed by atoms with van der Waals surface area (Å²) < 4.78 is 33.0. The first-order chi connectivity index (χ1) is 14.4. The van der Waals surface area contributed by atoms with Gasteiger partial charge in [-0.25, -0.2) is 13.4 Å². The topological polar surface area (TPSA) is 64.4 Å². The van der Waals surface area contributed by atoms with Crippen molar-refractivity contribution < 1.29 is 13.2 Å². The van der Waals surface area contributed by atoms with Crippen LogP contribution >= 0.6 is 0 Å². The lowest BCUT2D eigenvalue weighted by Crippen LogP contribution is -2.50. The minimum absolute atomic E-state index is 0.236. The number of rotatable bonds is 10. The number of sulfone groups is 1. The molecular weight excluding hydrogens is 398 g/mol. The molecule has 6 nitrogen and oxygen atoms in total. The summed E-state index contributed by atoms with van der Waals surface area (Å²) in [6, 6.07) is 0. The van der Waals surface area contributed by atoms with E-state index in [1.807, 2.05) is 4.57 Å². The molecule has 0 saturated heterocycles. The third kappa shape index (κ3) is 4.22. The van der Waals surface area contributed by atoms with Crippen molar-refractivity contribution in [3.05, 3.63) is 11.9 Å². The number of hydrogen-bond donors (Lipinski definition) is 0. The van der Waals surface area contributed by atoms with Crippen molar-refractivity contribution in [2.45, 2.75) is 69.6 Å². The summed E-state index contributed by atoms with van der Waals surface area (Å²) in [7, 11) is 0.521. The molecule has 0 aromatic carbocycles. The van der Waals surface area contributed by atoms with Crippen LogP contribution in [-0.4, -0.2) is 55.9 Å². The number of methoxy groups -OCH3 is 1. The van der Waals surface area contributed by atoms with Gasteiger partial charge < -0.3 is 14.2 Å². The van der Waals surface area contributed by atoms with Gasteiger partial charge in [-0.3, -0.25) is 0 Å². The van der Waals surface area contributed by atoms with Crippen LogP contribution in [0.2, 0.25) is 0 Å². The lowest BCUT2D eigenvalue weighted by molar-refractivity contribution is -0.0672. The van der Waals surface area contributed by atoms with E-state index in [-0.39, 0.29) is 10.9 Å². The van der Waals surface area contributed by atoms with Gasteiger partial charge in [0.2, 0.25) is 15.0 Å². The van der Waals surface area contributed by atoms with E-state index in [1.54, 1.807) is 13.3 Å². The fourth-order valence-corrected chi connectivity index (χ4v) is 9.11. The zero-order valence-electron chi connectivity index (χ0n) is 18.6. The molecule has 168 valence electrons. The van der Waals surface area contributed by atoms with Crippen molar-refractivity contribution in [1.82, 2.24) is 14.5 Å². The Balaban J connectivity index is 1.31. The Morgan fingerprint density at radius 3 is 2.37 bits per heavy atom. The fraction of sp³-hybridized carbons (Fsp3) is 0.870. The van der Waals surface area contributed by atoms with E-state index in [4.69, 9.17) is 4.74 Å². The molecule has 7 heteroatoms. The van der Waals surface area contributed by atoms with Gasteiger partial charge in [-0.2, -0.15) is 0 Å². The molecule has 5 saturated carbocycles. The Bertz CT molecular complexity index is 839. The van der Waals surface area contributed by atoms with Gasteiger partial charge >= 0.3 is 0 Å². The smallest absolute Gasteiger partial charge is 0.227 e. The van der Waals surface area contributed by atoms with Gasteiger partial charge in [-0.15, -0.1) is 0 Å². The van der Waals surface area contributed by atoms with Gasteiger partial charge in [0.15, 0.2) is 0 Å². The molecule has 5 aliphatic rings. The molecule has 0 radical (unpaired) electrons. The summed E-state index contributed by atoms with van der Waals surface area (Å²) in [5, 5.41) is 0.240. The van der Waals surface area contributed by atoms with E-state index in [9.17, 15) is 8.42 Å². The average molecular weight is 436 g/mol. The summed E-state index contributed by atoms with van der Waals surface area (Å²) in [6.07, 6.45) is 12.4. The molecule has 0 atom stereocenters. The van der Waals surface area contributed by atoms with Crippen molar-refractivity contribution in [2.75, 3.05) is 33.1 Å². The van der Waals surface area contributed by atoms with Crippen LogP contribution < -0.4 is 0 Å². The highest BCUT2D eigenvalue weighted by molar-refractivity contribution is 7.91. The molecule has 1 heterocycles. The summed E-state index contributed by atoms with van der Waals surface area (Å²) in [6.45, 7) is 2.90. The number of imidazole rings is 1.